The third-order valence-electron chi connectivity index (χ3n) is 4.93. The molecule has 0 atom stereocenters. The summed E-state index contributed by atoms with van der Waals surface area (Å²) in [7, 11) is 2.23. The summed E-state index contributed by atoms with van der Waals surface area (Å²) in [4.78, 5) is 0. The van der Waals surface area contributed by atoms with Gasteiger partial charge in [-0.2, -0.15) is 0 Å². The summed E-state index contributed by atoms with van der Waals surface area (Å²) in [6.45, 7) is 4.55. The Bertz CT molecular complexity index is 490. The maximum atomic E-state index is 2.42. The molecule has 1 aromatic carbocycles. The molecule has 0 unspecified atom stereocenters. The highest BCUT2D eigenvalue weighted by atomic mass is 15.0. The van der Waals surface area contributed by atoms with Gasteiger partial charge in [0.15, 0.2) is 5.71 Å². The van der Waals surface area contributed by atoms with Crippen molar-refractivity contribution in [3.63, 3.8) is 0 Å². The lowest BCUT2D eigenvalue weighted by Gasteiger charge is -2.31. The molecule has 17 heavy (non-hydrogen) atoms. The zero-order valence-electron chi connectivity index (χ0n) is 11.2. The molecule has 1 aliphatic heterocycles. The van der Waals surface area contributed by atoms with Crippen molar-refractivity contribution in [1.82, 2.24) is 0 Å². The van der Waals surface area contributed by atoms with Gasteiger partial charge in [-0.25, -0.2) is 4.58 Å². The Labute approximate surface area is 104 Å². The third kappa shape index (κ3) is 1.41. The number of hydrogen-bond acceptors (Lipinski definition) is 0. The van der Waals surface area contributed by atoms with Gasteiger partial charge in [-0.1, -0.05) is 30.9 Å². The van der Waals surface area contributed by atoms with E-state index in [9.17, 15) is 0 Å². The van der Waals surface area contributed by atoms with E-state index >= 15 is 0 Å². The van der Waals surface area contributed by atoms with E-state index in [0.717, 1.165) is 0 Å². The van der Waals surface area contributed by atoms with Crippen molar-refractivity contribution in [3.8, 4) is 0 Å². The quantitative estimate of drug-likeness (QED) is 0.592. The molecular weight excluding hydrogens is 206 g/mol. The first-order chi connectivity index (χ1) is 8.15. The Morgan fingerprint density at radius 1 is 1.06 bits per heavy atom. The molecular formula is C16H22N+. The molecule has 0 amide bonds. The van der Waals surface area contributed by atoms with Gasteiger partial charge in [-0.05, 0) is 25.8 Å². The zero-order valence-corrected chi connectivity index (χ0v) is 11.2. The van der Waals surface area contributed by atoms with Crippen LogP contribution in [-0.2, 0) is 5.41 Å². The SMILES string of the molecule is CC1=[N+](C)c2ccc(C)cc2C12CCCCC2. The van der Waals surface area contributed by atoms with Crippen LogP contribution >= 0.6 is 0 Å². The predicted octanol–water partition coefficient (Wildman–Crippen LogP) is 3.95. The maximum absolute atomic E-state index is 2.42. The number of nitrogens with zero attached hydrogens (tertiary/aromatic N) is 1. The number of aryl methyl sites for hydroxylation is 1. The molecule has 3 rings (SSSR count). The first-order valence-corrected chi connectivity index (χ1v) is 6.84. The van der Waals surface area contributed by atoms with Crippen molar-refractivity contribution >= 4 is 11.4 Å². The van der Waals surface area contributed by atoms with Gasteiger partial charge in [0.2, 0.25) is 5.69 Å². The average Bonchev–Trinajstić information content (AvgIpc) is 2.54. The molecule has 2 aliphatic rings. The Kier molecular flexibility index (Phi) is 2.39. The van der Waals surface area contributed by atoms with Gasteiger partial charge < -0.3 is 0 Å². The highest BCUT2D eigenvalue weighted by molar-refractivity contribution is 5.94. The average molecular weight is 228 g/mol. The van der Waals surface area contributed by atoms with Crippen molar-refractivity contribution in [2.45, 2.75) is 51.4 Å². The second kappa shape index (κ2) is 3.69. The lowest BCUT2D eigenvalue weighted by Crippen LogP contribution is -2.35. The van der Waals surface area contributed by atoms with E-state index in [-0.39, 0.29) is 0 Å². The predicted molar refractivity (Wildman–Crippen MR) is 72.5 cm³/mol. The Morgan fingerprint density at radius 2 is 1.76 bits per heavy atom. The summed E-state index contributed by atoms with van der Waals surface area (Å²) >= 11 is 0. The Hall–Kier alpha value is -1.11. The minimum absolute atomic E-state index is 0.369. The summed E-state index contributed by atoms with van der Waals surface area (Å²) in [5.41, 5.74) is 6.37. The molecule has 90 valence electrons. The topological polar surface area (TPSA) is 3.01 Å². The summed E-state index contributed by atoms with van der Waals surface area (Å²) in [5, 5.41) is 0. The number of rotatable bonds is 0. The standard InChI is InChI=1S/C16H22N/c1-12-7-8-15-14(11-12)16(13(2)17(15)3)9-5-4-6-10-16/h7-8,11H,4-6,9-10H2,1-3H3/q+1. The molecule has 1 fully saturated rings. The lowest BCUT2D eigenvalue weighted by atomic mass is 9.67. The van der Waals surface area contributed by atoms with E-state index in [1.165, 1.54) is 43.4 Å². The molecule has 0 radical (unpaired) electrons. The number of hydrogen-bond donors (Lipinski definition) is 0. The molecule has 0 bridgehead atoms. The van der Waals surface area contributed by atoms with Crippen LogP contribution in [0.25, 0.3) is 0 Å². The molecule has 1 nitrogen and oxygen atoms in total. The van der Waals surface area contributed by atoms with Gasteiger partial charge in [0, 0.05) is 18.6 Å². The molecule has 1 aromatic rings. The first-order valence-electron chi connectivity index (χ1n) is 6.84. The largest absolute Gasteiger partial charge is 0.209 e. The van der Waals surface area contributed by atoms with E-state index in [4.69, 9.17) is 0 Å². The Balaban J connectivity index is 2.21. The van der Waals surface area contributed by atoms with Crippen molar-refractivity contribution in [2.24, 2.45) is 0 Å². The second-order valence-corrected chi connectivity index (χ2v) is 5.81. The van der Waals surface area contributed by atoms with E-state index in [1.807, 2.05) is 0 Å². The van der Waals surface area contributed by atoms with Crippen LogP contribution in [-0.4, -0.2) is 17.3 Å². The molecule has 1 heteroatoms. The van der Waals surface area contributed by atoms with Crippen molar-refractivity contribution in [1.29, 1.82) is 0 Å². The molecule has 1 heterocycles. The second-order valence-electron chi connectivity index (χ2n) is 5.81. The molecule has 0 aromatic heterocycles. The number of fused-ring (bicyclic) bond motifs is 2. The molecule has 1 saturated carbocycles. The van der Waals surface area contributed by atoms with E-state index in [0.29, 0.717) is 5.41 Å². The van der Waals surface area contributed by atoms with E-state index in [1.54, 1.807) is 11.3 Å². The van der Waals surface area contributed by atoms with Crippen LogP contribution in [0.2, 0.25) is 0 Å². The minimum atomic E-state index is 0.369. The van der Waals surface area contributed by atoms with Gasteiger partial charge in [0.25, 0.3) is 0 Å². The fraction of sp³-hybridized carbons (Fsp3) is 0.562. The summed E-state index contributed by atoms with van der Waals surface area (Å²) < 4.78 is 2.42. The number of benzene rings is 1. The minimum Gasteiger partial charge on any atom is -0.202 e. The Morgan fingerprint density at radius 3 is 2.47 bits per heavy atom. The van der Waals surface area contributed by atoms with E-state index in [2.05, 4.69) is 43.7 Å². The highest BCUT2D eigenvalue weighted by Gasteiger charge is 2.48. The third-order valence-corrected chi connectivity index (χ3v) is 4.93. The molecule has 0 saturated heterocycles. The zero-order chi connectivity index (χ0) is 12.0. The van der Waals surface area contributed by atoms with Crippen LogP contribution in [0.3, 0.4) is 0 Å². The van der Waals surface area contributed by atoms with Gasteiger partial charge in [-0.15, -0.1) is 0 Å². The van der Waals surface area contributed by atoms with Crippen LogP contribution in [0.15, 0.2) is 18.2 Å². The van der Waals surface area contributed by atoms with Gasteiger partial charge in [0.05, 0.1) is 5.41 Å². The van der Waals surface area contributed by atoms with Crippen LogP contribution in [0.5, 0.6) is 0 Å². The summed E-state index contributed by atoms with van der Waals surface area (Å²) in [6.07, 6.45) is 6.89. The normalized spacial score (nSPS) is 22.1. The smallest absolute Gasteiger partial charge is 0.202 e. The molecule has 1 aliphatic carbocycles. The lowest BCUT2D eigenvalue weighted by molar-refractivity contribution is -0.403. The molecule has 1 spiro atoms. The maximum Gasteiger partial charge on any atom is 0.209 e. The van der Waals surface area contributed by atoms with Crippen LogP contribution in [0.1, 0.15) is 50.2 Å². The fourth-order valence-electron chi connectivity index (χ4n) is 3.81. The van der Waals surface area contributed by atoms with Crippen molar-refractivity contribution in [2.75, 3.05) is 7.05 Å². The first kappa shape index (κ1) is 11.0. The van der Waals surface area contributed by atoms with Crippen LogP contribution in [0, 0.1) is 6.92 Å². The highest BCUT2D eigenvalue weighted by Crippen LogP contribution is 2.48. The van der Waals surface area contributed by atoms with Gasteiger partial charge >= 0.3 is 0 Å². The van der Waals surface area contributed by atoms with Crippen LogP contribution < -0.4 is 0 Å². The van der Waals surface area contributed by atoms with Crippen LogP contribution in [0.4, 0.5) is 5.69 Å². The monoisotopic (exact) mass is 228 g/mol. The van der Waals surface area contributed by atoms with Crippen molar-refractivity contribution < 1.29 is 4.58 Å². The van der Waals surface area contributed by atoms with Gasteiger partial charge in [-0.3, -0.25) is 0 Å². The summed E-state index contributed by atoms with van der Waals surface area (Å²) in [5.74, 6) is 0. The molecule has 0 N–H and O–H groups in total. The van der Waals surface area contributed by atoms with E-state index < -0.39 is 0 Å². The van der Waals surface area contributed by atoms with Crippen molar-refractivity contribution in [3.05, 3.63) is 29.3 Å². The summed E-state index contributed by atoms with van der Waals surface area (Å²) in [6, 6.07) is 6.97. The fourth-order valence-corrected chi connectivity index (χ4v) is 3.81. The van der Waals surface area contributed by atoms with Gasteiger partial charge in [0.1, 0.15) is 7.05 Å².